The topological polar surface area (TPSA) is 78.9 Å². The minimum atomic E-state index is -0.771. The second kappa shape index (κ2) is 60.7. The number of carbonyl (C=O) groups is 3. The second-order valence-corrected chi connectivity index (χ2v) is 21.0. The average Bonchev–Trinajstić information content (AvgIpc) is 3.38. The molecule has 0 aliphatic carbocycles. The van der Waals surface area contributed by atoms with E-state index in [4.69, 9.17) is 14.2 Å². The largest absolute Gasteiger partial charge is 0.462 e. The molecule has 0 N–H and O–H groups in total. The first-order valence-corrected chi connectivity index (χ1v) is 31.3. The number of hydrogen-bond donors (Lipinski definition) is 0. The van der Waals surface area contributed by atoms with Gasteiger partial charge in [0.25, 0.3) is 0 Å². The Labute approximate surface area is 447 Å². The van der Waals surface area contributed by atoms with E-state index in [1.807, 2.05) is 0 Å². The number of hydrogen-bond acceptors (Lipinski definition) is 6. The summed E-state index contributed by atoms with van der Waals surface area (Å²) in [7, 11) is 0. The molecule has 0 aromatic rings. The van der Waals surface area contributed by atoms with Crippen molar-refractivity contribution in [3.05, 3.63) is 60.8 Å². The van der Waals surface area contributed by atoms with Gasteiger partial charge in [-0.2, -0.15) is 0 Å². The van der Waals surface area contributed by atoms with E-state index in [1.165, 1.54) is 193 Å². The summed E-state index contributed by atoms with van der Waals surface area (Å²) < 4.78 is 16.9. The monoisotopic (exact) mass is 1010 g/mol. The van der Waals surface area contributed by atoms with Gasteiger partial charge in [-0.1, -0.05) is 300 Å². The van der Waals surface area contributed by atoms with Crippen LogP contribution in [-0.2, 0) is 28.6 Å². The van der Waals surface area contributed by atoms with Gasteiger partial charge in [0.2, 0.25) is 0 Å². The van der Waals surface area contributed by atoms with Gasteiger partial charge >= 0.3 is 17.9 Å². The number of ether oxygens (including phenoxy) is 3. The van der Waals surface area contributed by atoms with Crippen molar-refractivity contribution in [1.29, 1.82) is 0 Å². The zero-order chi connectivity index (χ0) is 52.2. The lowest BCUT2D eigenvalue weighted by Gasteiger charge is -2.18. The molecule has 0 bridgehead atoms. The molecule has 0 amide bonds. The van der Waals surface area contributed by atoms with Gasteiger partial charge in [0.15, 0.2) is 6.10 Å². The second-order valence-electron chi connectivity index (χ2n) is 21.0. The maximum atomic E-state index is 12.9. The molecule has 0 fully saturated rings. The molecule has 0 saturated carbocycles. The molecule has 0 saturated heterocycles. The van der Waals surface area contributed by atoms with E-state index in [2.05, 4.69) is 81.5 Å². The van der Waals surface area contributed by atoms with Gasteiger partial charge in [-0.05, 0) is 64.2 Å². The summed E-state index contributed by atoms with van der Waals surface area (Å²) in [5, 5.41) is 0. The van der Waals surface area contributed by atoms with E-state index < -0.39 is 6.10 Å². The van der Waals surface area contributed by atoms with E-state index in [-0.39, 0.29) is 31.1 Å². The summed E-state index contributed by atoms with van der Waals surface area (Å²) in [5.74, 6) is -0.856. The average molecular weight is 1010 g/mol. The fourth-order valence-corrected chi connectivity index (χ4v) is 9.12. The third kappa shape index (κ3) is 58.0. The van der Waals surface area contributed by atoms with Crippen molar-refractivity contribution in [2.24, 2.45) is 0 Å². The van der Waals surface area contributed by atoms with Crippen LogP contribution in [0.1, 0.15) is 323 Å². The van der Waals surface area contributed by atoms with E-state index in [0.717, 1.165) is 89.9 Å². The van der Waals surface area contributed by atoms with E-state index in [1.54, 1.807) is 0 Å². The molecule has 72 heavy (non-hydrogen) atoms. The lowest BCUT2D eigenvalue weighted by Crippen LogP contribution is -2.30. The summed E-state index contributed by atoms with van der Waals surface area (Å²) in [5.41, 5.74) is 0. The molecule has 0 heterocycles. The summed E-state index contributed by atoms with van der Waals surface area (Å²) in [6.07, 6.45) is 76.6. The standard InChI is InChI=1S/C66H118O6/c1-4-7-10-13-16-19-22-24-26-28-29-30-31-32-33-34-35-36-37-39-40-42-44-47-50-53-56-59-65(68)71-62-63(61-70-64(67)58-55-52-49-46-21-18-15-12-9-6-3)72-66(69)60-57-54-51-48-45-43-41-38-27-25-23-20-17-14-11-8-5-2/h7,10,16,19,24,26,29-30,32-33,63H,4-6,8-9,11-15,17-18,20-23,25,27-28,31,34-62H2,1-3H3/b10-7-,19-16-,26-24-,30-29-,33-32-. The van der Waals surface area contributed by atoms with Crippen LogP contribution in [0.4, 0.5) is 0 Å². The fourth-order valence-electron chi connectivity index (χ4n) is 9.12. The lowest BCUT2D eigenvalue weighted by atomic mass is 10.0. The zero-order valence-electron chi connectivity index (χ0n) is 47.9. The van der Waals surface area contributed by atoms with Gasteiger partial charge in [-0.25, -0.2) is 0 Å². The van der Waals surface area contributed by atoms with Crippen molar-refractivity contribution in [3.8, 4) is 0 Å². The van der Waals surface area contributed by atoms with E-state index in [9.17, 15) is 14.4 Å². The Morgan fingerprint density at radius 2 is 0.542 bits per heavy atom. The molecule has 6 nitrogen and oxygen atoms in total. The maximum Gasteiger partial charge on any atom is 0.306 e. The minimum absolute atomic E-state index is 0.0697. The maximum absolute atomic E-state index is 12.9. The van der Waals surface area contributed by atoms with Crippen LogP contribution in [0, 0.1) is 0 Å². The first kappa shape index (κ1) is 69.1. The Morgan fingerprint density at radius 3 is 0.847 bits per heavy atom. The highest BCUT2D eigenvalue weighted by atomic mass is 16.6. The molecule has 1 unspecified atom stereocenters. The number of rotatable bonds is 57. The molecule has 0 radical (unpaired) electrons. The SMILES string of the molecule is CC/C=C\C/C=C\C/C=C\C/C=C\C/C=C\CCCCCCCCCCCCCC(=O)OCC(COC(=O)CCCCCCCCCCCC)OC(=O)CCCCCCCCCCCCCCCCCCC. The smallest absolute Gasteiger partial charge is 0.306 e. The predicted molar refractivity (Wildman–Crippen MR) is 312 cm³/mol. The fraction of sp³-hybridized carbons (Fsp3) is 0.803. The predicted octanol–water partition coefficient (Wildman–Crippen LogP) is 21.2. The molecule has 0 aliphatic rings. The Balaban J connectivity index is 4.20. The third-order valence-corrected chi connectivity index (χ3v) is 13.8. The molecular formula is C66H118O6. The van der Waals surface area contributed by atoms with Gasteiger partial charge in [-0.3, -0.25) is 14.4 Å². The molecule has 0 rings (SSSR count). The molecule has 0 aromatic heterocycles. The molecule has 0 spiro atoms. The van der Waals surface area contributed by atoms with Gasteiger partial charge in [0.05, 0.1) is 0 Å². The van der Waals surface area contributed by atoms with Gasteiger partial charge in [0, 0.05) is 19.3 Å². The molecular weight excluding hydrogens is 889 g/mol. The molecule has 418 valence electrons. The first-order chi connectivity index (χ1) is 35.5. The summed E-state index contributed by atoms with van der Waals surface area (Å²) >= 11 is 0. The van der Waals surface area contributed by atoms with Crippen molar-refractivity contribution >= 4 is 17.9 Å². The van der Waals surface area contributed by atoms with Crippen LogP contribution in [-0.4, -0.2) is 37.2 Å². The third-order valence-electron chi connectivity index (χ3n) is 13.8. The van der Waals surface area contributed by atoms with Gasteiger partial charge < -0.3 is 14.2 Å². The number of unbranched alkanes of at least 4 members (excludes halogenated alkanes) is 36. The van der Waals surface area contributed by atoms with Crippen molar-refractivity contribution in [3.63, 3.8) is 0 Å². The summed E-state index contributed by atoms with van der Waals surface area (Å²) in [4.78, 5) is 38.2. The van der Waals surface area contributed by atoms with Crippen LogP contribution < -0.4 is 0 Å². The van der Waals surface area contributed by atoms with Crippen LogP contribution in [0.25, 0.3) is 0 Å². The normalized spacial score (nSPS) is 12.4. The highest BCUT2D eigenvalue weighted by Crippen LogP contribution is 2.17. The van der Waals surface area contributed by atoms with Gasteiger partial charge in [-0.15, -0.1) is 0 Å². The molecule has 0 aromatic carbocycles. The quantitative estimate of drug-likeness (QED) is 0.0261. The van der Waals surface area contributed by atoms with Crippen molar-refractivity contribution in [2.75, 3.05) is 13.2 Å². The zero-order valence-corrected chi connectivity index (χ0v) is 47.9. The van der Waals surface area contributed by atoms with Crippen LogP contribution in [0.5, 0.6) is 0 Å². The van der Waals surface area contributed by atoms with Crippen LogP contribution >= 0.6 is 0 Å². The summed E-state index contributed by atoms with van der Waals surface area (Å²) in [6.45, 7) is 6.56. The molecule has 6 heteroatoms. The first-order valence-electron chi connectivity index (χ1n) is 31.3. The highest BCUT2D eigenvalue weighted by Gasteiger charge is 2.19. The van der Waals surface area contributed by atoms with E-state index in [0.29, 0.717) is 19.3 Å². The van der Waals surface area contributed by atoms with Gasteiger partial charge in [0.1, 0.15) is 13.2 Å². The molecule has 0 aliphatic heterocycles. The summed E-state index contributed by atoms with van der Waals surface area (Å²) in [6, 6.07) is 0. The number of carbonyl (C=O) groups excluding carboxylic acids is 3. The van der Waals surface area contributed by atoms with E-state index >= 15 is 0 Å². The van der Waals surface area contributed by atoms with Crippen molar-refractivity contribution in [2.45, 2.75) is 329 Å². The Morgan fingerprint density at radius 1 is 0.292 bits per heavy atom. The highest BCUT2D eigenvalue weighted by molar-refractivity contribution is 5.71. The van der Waals surface area contributed by atoms with Crippen LogP contribution in [0.3, 0.4) is 0 Å². The van der Waals surface area contributed by atoms with Crippen molar-refractivity contribution in [1.82, 2.24) is 0 Å². The van der Waals surface area contributed by atoms with Crippen LogP contribution in [0.15, 0.2) is 60.8 Å². The Bertz CT molecular complexity index is 1290. The van der Waals surface area contributed by atoms with Crippen molar-refractivity contribution < 1.29 is 28.6 Å². The number of allylic oxidation sites excluding steroid dienone is 10. The van der Waals surface area contributed by atoms with Crippen LogP contribution in [0.2, 0.25) is 0 Å². The molecule has 1 atom stereocenters. The lowest BCUT2D eigenvalue weighted by molar-refractivity contribution is -0.167. The number of esters is 3. The Hall–Kier alpha value is -2.89. The minimum Gasteiger partial charge on any atom is -0.462 e. The Kier molecular flexibility index (Phi) is 58.2.